The summed E-state index contributed by atoms with van der Waals surface area (Å²) in [7, 11) is 0. The Morgan fingerprint density at radius 1 is 1.50 bits per heavy atom. The standard InChI is InChI=1S/C5H11N3O2/c6-8(10)7-3-1-5(9)2-4-7/h5-6,9H,1-4H2. The number of hydrogen-bond acceptors (Lipinski definition) is 3. The maximum Gasteiger partial charge on any atom is 0.0792 e. The molecule has 5 heteroatoms. The summed E-state index contributed by atoms with van der Waals surface area (Å²) in [5, 5.41) is 20.7. The molecule has 0 bridgehead atoms. The SMILES string of the molecule is N=[N+]([O-])N1CCC(O)CC1. The highest BCUT2D eigenvalue weighted by Crippen LogP contribution is 2.08. The van der Waals surface area contributed by atoms with Crippen LogP contribution in [0.3, 0.4) is 0 Å². The Morgan fingerprint density at radius 2 is 2.00 bits per heavy atom. The molecule has 0 spiro atoms. The van der Waals surface area contributed by atoms with Gasteiger partial charge in [-0.05, 0) is 18.4 Å². The molecule has 0 aromatic rings. The van der Waals surface area contributed by atoms with E-state index in [2.05, 4.69) is 0 Å². The number of piperidine rings is 1. The zero-order valence-electron chi connectivity index (χ0n) is 5.66. The predicted molar refractivity (Wildman–Crippen MR) is 33.2 cm³/mol. The number of hydrogen-bond donors (Lipinski definition) is 2. The van der Waals surface area contributed by atoms with Gasteiger partial charge in [0.05, 0.1) is 19.2 Å². The Balaban J connectivity index is 2.33. The van der Waals surface area contributed by atoms with Crippen molar-refractivity contribution in [2.75, 3.05) is 13.1 Å². The minimum absolute atomic E-state index is 0.0892. The Bertz CT molecular complexity index is 131. The second-order valence-electron chi connectivity index (χ2n) is 2.46. The lowest BCUT2D eigenvalue weighted by atomic mass is 10.1. The molecule has 1 fully saturated rings. The molecule has 10 heavy (non-hydrogen) atoms. The first kappa shape index (κ1) is 7.27. The maximum absolute atomic E-state index is 10.3. The summed E-state index contributed by atoms with van der Waals surface area (Å²) in [6.45, 7) is 0.988. The van der Waals surface area contributed by atoms with E-state index in [4.69, 9.17) is 10.6 Å². The molecule has 1 rings (SSSR count). The van der Waals surface area contributed by atoms with Gasteiger partial charge in [-0.1, -0.05) is 0 Å². The minimum atomic E-state index is -0.281. The Labute approximate surface area is 58.9 Å². The number of rotatable bonds is 1. The van der Waals surface area contributed by atoms with Crippen molar-refractivity contribution in [3.63, 3.8) is 0 Å². The van der Waals surface area contributed by atoms with Gasteiger partial charge in [0.15, 0.2) is 0 Å². The topological polar surface area (TPSA) is 73.4 Å². The van der Waals surface area contributed by atoms with Crippen molar-refractivity contribution in [1.82, 2.24) is 5.01 Å². The van der Waals surface area contributed by atoms with Gasteiger partial charge in [0, 0.05) is 4.97 Å². The monoisotopic (exact) mass is 145 g/mol. The highest BCUT2D eigenvalue weighted by atomic mass is 16.5. The van der Waals surface area contributed by atoms with Crippen molar-refractivity contribution in [1.29, 1.82) is 5.53 Å². The van der Waals surface area contributed by atoms with E-state index in [1.807, 2.05) is 0 Å². The maximum atomic E-state index is 10.3. The summed E-state index contributed by atoms with van der Waals surface area (Å²) in [6.07, 6.45) is 0.908. The summed E-state index contributed by atoms with van der Waals surface area (Å²) in [5.74, 6) is 0. The summed E-state index contributed by atoms with van der Waals surface area (Å²) < 4.78 is 0. The van der Waals surface area contributed by atoms with Gasteiger partial charge in [-0.3, -0.25) is 0 Å². The number of aliphatic hydroxyl groups excluding tert-OH is 1. The summed E-state index contributed by atoms with van der Waals surface area (Å²) in [4.78, 5) is 0.0892. The van der Waals surface area contributed by atoms with Crippen LogP contribution in [0.5, 0.6) is 0 Å². The molecule has 0 amide bonds. The average molecular weight is 145 g/mol. The van der Waals surface area contributed by atoms with Crippen molar-refractivity contribution in [2.24, 2.45) is 0 Å². The van der Waals surface area contributed by atoms with Crippen molar-refractivity contribution in [2.45, 2.75) is 18.9 Å². The van der Waals surface area contributed by atoms with E-state index >= 15 is 0 Å². The van der Waals surface area contributed by atoms with E-state index in [1.165, 1.54) is 5.01 Å². The fourth-order valence-electron chi connectivity index (χ4n) is 1.03. The summed E-state index contributed by atoms with van der Waals surface area (Å²) >= 11 is 0. The molecular formula is C5H11N3O2. The van der Waals surface area contributed by atoms with E-state index in [9.17, 15) is 5.21 Å². The average Bonchev–Trinajstić information content (AvgIpc) is 1.88. The molecule has 0 aromatic heterocycles. The van der Waals surface area contributed by atoms with E-state index in [0.717, 1.165) is 0 Å². The van der Waals surface area contributed by atoms with E-state index in [0.29, 0.717) is 25.9 Å². The smallest absolute Gasteiger partial charge is 0.0792 e. The van der Waals surface area contributed by atoms with Gasteiger partial charge in [0.1, 0.15) is 0 Å². The molecule has 0 radical (unpaired) electrons. The van der Waals surface area contributed by atoms with Crippen LogP contribution in [0.4, 0.5) is 0 Å². The van der Waals surface area contributed by atoms with Crippen LogP contribution in [0.2, 0.25) is 0 Å². The Kier molecular flexibility index (Phi) is 2.06. The molecule has 0 saturated carbocycles. The first-order chi connectivity index (χ1) is 4.70. The molecule has 58 valence electrons. The number of nitrogens with one attached hydrogen (secondary N) is 1. The largest absolute Gasteiger partial charge is 0.572 e. The quantitative estimate of drug-likeness (QED) is 0.307. The van der Waals surface area contributed by atoms with Crippen LogP contribution in [-0.4, -0.2) is 34.3 Å². The van der Waals surface area contributed by atoms with Crippen LogP contribution in [0, 0.1) is 10.7 Å². The first-order valence-electron chi connectivity index (χ1n) is 3.31. The molecular weight excluding hydrogens is 134 g/mol. The number of nitrogens with zero attached hydrogens (tertiary/aromatic N) is 2. The van der Waals surface area contributed by atoms with Crippen LogP contribution < -0.4 is 0 Å². The molecule has 5 nitrogen and oxygen atoms in total. The van der Waals surface area contributed by atoms with Crippen LogP contribution >= 0.6 is 0 Å². The lowest BCUT2D eigenvalue weighted by molar-refractivity contribution is -0.713. The molecule has 0 aromatic carbocycles. The number of aliphatic hydroxyl groups is 1. The molecule has 1 saturated heterocycles. The summed E-state index contributed by atoms with van der Waals surface area (Å²) in [6, 6.07) is 0. The van der Waals surface area contributed by atoms with E-state index in [-0.39, 0.29) is 11.1 Å². The Morgan fingerprint density at radius 3 is 2.40 bits per heavy atom. The third-order valence-electron chi connectivity index (χ3n) is 1.70. The highest BCUT2D eigenvalue weighted by molar-refractivity contribution is 4.64. The lowest BCUT2D eigenvalue weighted by Crippen LogP contribution is -2.39. The molecule has 1 aliphatic rings. The minimum Gasteiger partial charge on any atom is -0.572 e. The second kappa shape index (κ2) is 2.83. The van der Waals surface area contributed by atoms with Crippen molar-refractivity contribution in [3.05, 3.63) is 5.21 Å². The van der Waals surface area contributed by atoms with Crippen molar-refractivity contribution >= 4 is 0 Å². The first-order valence-corrected chi connectivity index (χ1v) is 3.31. The molecule has 2 N–H and O–H groups in total. The lowest BCUT2D eigenvalue weighted by Gasteiger charge is -2.24. The Hall–Kier alpha value is -0.840. The highest BCUT2D eigenvalue weighted by Gasteiger charge is 2.20. The van der Waals surface area contributed by atoms with Crippen LogP contribution in [0.25, 0.3) is 0 Å². The molecule has 0 aliphatic carbocycles. The zero-order chi connectivity index (χ0) is 7.56. The van der Waals surface area contributed by atoms with E-state index < -0.39 is 0 Å². The van der Waals surface area contributed by atoms with Crippen LogP contribution in [0.1, 0.15) is 12.8 Å². The van der Waals surface area contributed by atoms with Gasteiger partial charge in [0.2, 0.25) is 0 Å². The number of hydrazine groups is 1. The summed E-state index contributed by atoms with van der Waals surface area (Å²) in [5.41, 5.74) is 6.66. The zero-order valence-corrected chi connectivity index (χ0v) is 5.66. The van der Waals surface area contributed by atoms with Gasteiger partial charge < -0.3 is 10.3 Å². The van der Waals surface area contributed by atoms with E-state index in [1.54, 1.807) is 0 Å². The van der Waals surface area contributed by atoms with Gasteiger partial charge in [0.25, 0.3) is 0 Å². The van der Waals surface area contributed by atoms with Crippen LogP contribution in [0.15, 0.2) is 0 Å². The third-order valence-corrected chi connectivity index (χ3v) is 1.70. The molecule has 1 heterocycles. The van der Waals surface area contributed by atoms with Gasteiger partial charge in [-0.15, -0.1) is 5.01 Å². The van der Waals surface area contributed by atoms with Crippen LogP contribution in [-0.2, 0) is 0 Å². The molecule has 0 atom stereocenters. The second-order valence-corrected chi connectivity index (χ2v) is 2.46. The molecule has 1 aliphatic heterocycles. The normalized spacial score (nSPS) is 21.1. The van der Waals surface area contributed by atoms with Crippen molar-refractivity contribution in [3.8, 4) is 0 Å². The van der Waals surface area contributed by atoms with Gasteiger partial charge in [-0.2, -0.15) is 0 Å². The fourth-order valence-corrected chi connectivity index (χ4v) is 1.03. The van der Waals surface area contributed by atoms with Gasteiger partial charge in [-0.25, -0.2) is 0 Å². The van der Waals surface area contributed by atoms with Crippen molar-refractivity contribution < 1.29 is 10.1 Å². The predicted octanol–water partition coefficient (Wildman–Crippen LogP) is -0.101. The fraction of sp³-hybridized carbons (Fsp3) is 1.00. The molecule has 0 unspecified atom stereocenters. The third kappa shape index (κ3) is 1.57. The van der Waals surface area contributed by atoms with Gasteiger partial charge >= 0.3 is 0 Å².